The van der Waals surface area contributed by atoms with Crippen LogP contribution >= 0.6 is 0 Å². The van der Waals surface area contributed by atoms with Crippen LogP contribution in [-0.4, -0.2) is 18.3 Å². The summed E-state index contributed by atoms with van der Waals surface area (Å²) in [7, 11) is 0. The van der Waals surface area contributed by atoms with Gasteiger partial charge in [0, 0.05) is 12.1 Å². The van der Waals surface area contributed by atoms with Gasteiger partial charge in [0.15, 0.2) is 0 Å². The van der Waals surface area contributed by atoms with E-state index in [-0.39, 0.29) is 12.1 Å². The van der Waals surface area contributed by atoms with E-state index < -0.39 is 12.8 Å². The van der Waals surface area contributed by atoms with Gasteiger partial charge in [-0.1, -0.05) is 24.3 Å². The summed E-state index contributed by atoms with van der Waals surface area (Å²) >= 11 is 0. The van der Waals surface area contributed by atoms with Crippen molar-refractivity contribution in [1.82, 2.24) is 5.32 Å². The zero-order valence-electron chi connectivity index (χ0n) is 11.5. The highest BCUT2D eigenvalue weighted by molar-refractivity contribution is 5.26. The summed E-state index contributed by atoms with van der Waals surface area (Å²) in [6, 6.07) is 7.35. The van der Waals surface area contributed by atoms with E-state index in [1.54, 1.807) is 12.1 Å². The Morgan fingerprint density at radius 3 is 2.16 bits per heavy atom. The third-order valence-electron chi connectivity index (χ3n) is 2.45. The highest BCUT2D eigenvalue weighted by Gasteiger charge is 2.27. The van der Waals surface area contributed by atoms with Crippen LogP contribution in [0, 0.1) is 0 Å². The summed E-state index contributed by atoms with van der Waals surface area (Å²) in [6.45, 7) is 5.48. The van der Waals surface area contributed by atoms with E-state index >= 15 is 0 Å². The molecule has 0 unspecified atom stereocenters. The van der Waals surface area contributed by atoms with E-state index in [0.717, 1.165) is 11.1 Å². The molecule has 108 valence electrons. The molecular formula is C14H20F3NO. The van der Waals surface area contributed by atoms with Crippen molar-refractivity contribution in [3.63, 3.8) is 0 Å². The van der Waals surface area contributed by atoms with Crippen molar-refractivity contribution in [3.05, 3.63) is 35.4 Å². The molecule has 0 aliphatic carbocycles. The molecule has 0 radical (unpaired) electrons. The van der Waals surface area contributed by atoms with E-state index in [1.807, 2.05) is 32.9 Å². The number of benzene rings is 1. The molecule has 0 aromatic heterocycles. The number of ether oxygens (including phenoxy) is 1. The summed E-state index contributed by atoms with van der Waals surface area (Å²) in [4.78, 5) is 0. The fourth-order valence-electron chi connectivity index (χ4n) is 1.51. The van der Waals surface area contributed by atoms with Crippen LogP contribution in [0.15, 0.2) is 24.3 Å². The fourth-order valence-corrected chi connectivity index (χ4v) is 1.51. The number of rotatable bonds is 5. The molecule has 5 heteroatoms. The Morgan fingerprint density at radius 2 is 1.63 bits per heavy atom. The summed E-state index contributed by atoms with van der Waals surface area (Å²) in [5, 5.41) is 3.31. The van der Waals surface area contributed by atoms with Gasteiger partial charge < -0.3 is 10.1 Å². The zero-order chi connectivity index (χ0) is 14.5. The van der Waals surface area contributed by atoms with Crippen molar-refractivity contribution in [3.8, 4) is 0 Å². The lowest BCUT2D eigenvalue weighted by Crippen LogP contribution is -2.35. The molecule has 1 rings (SSSR count). The predicted molar refractivity (Wildman–Crippen MR) is 68.7 cm³/mol. The molecule has 0 saturated heterocycles. The van der Waals surface area contributed by atoms with Gasteiger partial charge in [-0.15, -0.1) is 0 Å². The lowest BCUT2D eigenvalue weighted by atomic mass is 10.1. The first-order valence-corrected chi connectivity index (χ1v) is 6.14. The average molecular weight is 275 g/mol. The second-order valence-corrected chi connectivity index (χ2v) is 5.48. The lowest BCUT2D eigenvalue weighted by Gasteiger charge is -2.21. The second kappa shape index (κ2) is 6.39. The first-order chi connectivity index (χ1) is 8.67. The predicted octanol–water partition coefficient (Wildman–Crippen LogP) is 3.65. The Balaban J connectivity index is 2.58. The third-order valence-corrected chi connectivity index (χ3v) is 2.45. The molecule has 0 amide bonds. The van der Waals surface area contributed by atoms with Crippen molar-refractivity contribution in [2.75, 3.05) is 6.61 Å². The molecule has 1 aromatic rings. The van der Waals surface area contributed by atoms with Gasteiger partial charge in [-0.2, -0.15) is 13.2 Å². The van der Waals surface area contributed by atoms with E-state index in [1.165, 1.54) is 0 Å². The molecule has 0 aliphatic rings. The van der Waals surface area contributed by atoms with Crippen LogP contribution in [0.5, 0.6) is 0 Å². The summed E-state index contributed by atoms with van der Waals surface area (Å²) in [6.07, 6.45) is -4.28. The molecule has 0 aliphatic heterocycles. The minimum Gasteiger partial charge on any atom is -0.367 e. The average Bonchev–Trinajstić information content (AvgIpc) is 2.25. The summed E-state index contributed by atoms with van der Waals surface area (Å²) < 4.78 is 40.8. The van der Waals surface area contributed by atoms with E-state index in [0.29, 0.717) is 6.54 Å². The molecular weight excluding hydrogens is 255 g/mol. The van der Waals surface area contributed by atoms with Crippen LogP contribution in [-0.2, 0) is 17.9 Å². The highest BCUT2D eigenvalue weighted by atomic mass is 19.4. The summed E-state index contributed by atoms with van der Waals surface area (Å²) in [5.74, 6) is 0. The molecule has 0 heterocycles. The van der Waals surface area contributed by atoms with Crippen LogP contribution in [0.1, 0.15) is 31.9 Å². The Morgan fingerprint density at radius 1 is 1.05 bits per heavy atom. The standard InChI is InChI=1S/C14H20F3NO/c1-13(2,3)18-8-11-6-4-5-7-12(11)9-19-10-14(15,16)17/h4-7,18H,8-10H2,1-3H3. The van der Waals surface area contributed by atoms with Gasteiger partial charge >= 0.3 is 6.18 Å². The van der Waals surface area contributed by atoms with Crippen LogP contribution < -0.4 is 5.32 Å². The number of alkyl halides is 3. The maximum absolute atomic E-state index is 12.0. The molecule has 0 fully saturated rings. The van der Waals surface area contributed by atoms with Crippen molar-refractivity contribution in [1.29, 1.82) is 0 Å². The van der Waals surface area contributed by atoms with Crippen molar-refractivity contribution in [2.45, 2.75) is 45.6 Å². The SMILES string of the molecule is CC(C)(C)NCc1ccccc1COCC(F)(F)F. The second-order valence-electron chi connectivity index (χ2n) is 5.48. The first kappa shape index (κ1) is 16.0. The molecule has 1 aromatic carbocycles. The Kier molecular flexibility index (Phi) is 5.38. The van der Waals surface area contributed by atoms with Gasteiger partial charge in [-0.25, -0.2) is 0 Å². The lowest BCUT2D eigenvalue weighted by molar-refractivity contribution is -0.176. The van der Waals surface area contributed by atoms with Gasteiger partial charge in [0.1, 0.15) is 6.61 Å². The van der Waals surface area contributed by atoms with E-state index in [2.05, 4.69) is 5.32 Å². The van der Waals surface area contributed by atoms with Crippen LogP contribution in [0.4, 0.5) is 13.2 Å². The Bertz CT molecular complexity index is 396. The topological polar surface area (TPSA) is 21.3 Å². The highest BCUT2D eigenvalue weighted by Crippen LogP contribution is 2.17. The number of hydrogen-bond donors (Lipinski definition) is 1. The first-order valence-electron chi connectivity index (χ1n) is 6.14. The normalized spacial score (nSPS) is 12.7. The van der Waals surface area contributed by atoms with Gasteiger partial charge in [0.25, 0.3) is 0 Å². The molecule has 19 heavy (non-hydrogen) atoms. The fraction of sp³-hybridized carbons (Fsp3) is 0.571. The number of halogens is 3. The molecule has 0 spiro atoms. The van der Waals surface area contributed by atoms with Crippen molar-refractivity contribution >= 4 is 0 Å². The molecule has 1 N–H and O–H groups in total. The third kappa shape index (κ3) is 7.18. The number of nitrogens with one attached hydrogen (secondary N) is 1. The zero-order valence-corrected chi connectivity index (χ0v) is 11.5. The Labute approximate surface area is 112 Å². The maximum atomic E-state index is 12.0. The van der Waals surface area contributed by atoms with E-state index in [4.69, 9.17) is 4.74 Å². The van der Waals surface area contributed by atoms with Crippen molar-refractivity contribution < 1.29 is 17.9 Å². The van der Waals surface area contributed by atoms with Crippen LogP contribution in [0.2, 0.25) is 0 Å². The largest absolute Gasteiger partial charge is 0.411 e. The minimum absolute atomic E-state index is 0.0263. The van der Waals surface area contributed by atoms with Gasteiger partial charge in [-0.05, 0) is 31.9 Å². The Hall–Kier alpha value is -1.07. The summed E-state index contributed by atoms with van der Waals surface area (Å²) in [5.41, 5.74) is 1.70. The maximum Gasteiger partial charge on any atom is 0.411 e. The van der Waals surface area contributed by atoms with Crippen LogP contribution in [0.25, 0.3) is 0 Å². The monoisotopic (exact) mass is 275 g/mol. The van der Waals surface area contributed by atoms with Gasteiger partial charge in [0.2, 0.25) is 0 Å². The molecule has 0 atom stereocenters. The molecule has 0 bridgehead atoms. The van der Waals surface area contributed by atoms with Gasteiger partial charge in [0.05, 0.1) is 6.61 Å². The van der Waals surface area contributed by atoms with E-state index in [9.17, 15) is 13.2 Å². The minimum atomic E-state index is -4.28. The number of hydrogen-bond acceptors (Lipinski definition) is 2. The molecule has 0 saturated carbocycles. The van der Waals surface area contributed by atoms with Crippen molar-refractivity contribution in [2.24, 2.45) is 0 Å². The molecule has 2 nitrogen and oxygen atoms in total. The smallest absolute Gasteiger partial charge is 0.367 e. The van der Waals surface area contributed by atoms with Gasteiger partial charge in [-0.3, -0.25) is 0 Å². The van der Waals surface area contributed by atoms with Crippen LogP contribution in [0.3, 0.4) is 0 Å². The quantitative estimate of drug-likeness (QED) is 0.885.